The molecule has 0 spiro atoms. The summed E-state index contributed by atoms with van der Waals surface area (Å²) in [6.07, 6.45) is 1.45. The van der Waals surface area contributed by atoms with Crippen LogP contribution in [0, 0.1) is 10.1 Å². The molecule has 21 heavy (non-hydrogen) atoms. The predicted octanol–water partition coefficient (Wildman–Crippen LogP) is 2.64. The minimum absolute atomic E-state index is 0.127. The molecule has 0 radical (unpaired) electrons. The van der Waals surface area contributed by atoms with Crippen LogP contribution < -0.4 is 10.5 Å². The maximum absolute atomic E-state index is 10.8. The molecule has 0 aliphatic rings. The molecule has 2 aromatic rings. The second-order valence-electron chi connectivity index (χ2n) is 3.84. The van der Waals surface area contributed by atoms with Crippen molar-refractivity contribution in [1.82, 2.24) is 4.98 Å². The van der Waals surface area contributed by atoms with Crippen LogP contribution in [0.25, 0.3) is 0 Å². The van der Waals surface area contributed by atoms with Gasteiger partial charge in [0.2, 0.25) is 0 Å². The molecule has 1 aromatic heterocycles. The van der Waals surface area contributed by atoms with Crippen LogP contribution in [0.3, 0.4) is 0 Å². The van der Waals surface area contributed by atoms with Crippen molar-refractivity contribution in [3.8, 4) is 11.5 Å². The Kier molecular flexibility index (Phi) is 4.33. The molecule has 0 aliphatic carbocycles. The highest BCUT2D eigenvalue weighted by Gasteiger charge is 2.14. The highest BCUT2D eigenvalue weighted by atomic mass is 79.9. The fraction of sp³-hybridized carbons (Fsp3) is 0. The second kappa shape index (κ2) is 6.18. The van der Waals surface area contributed by atoms with E-state index in [1.54, 1.807) is 18.2 Å². The number of ether oxygens (including phenoxy) is 1. The number of benzene rings is 1. The number of hydrogen-bond donors (Lipinski definition) is 2. The summed E-state index contributed by atoms with van der Waals surface area (Å²) in [6, 6.07) is 7.30. The van der Waals surface area contributed by atoms with E-state index < -0.39 is 4.92 Å². The number of oxime groups is 1. The van der Waals surface area contributed by atoms with E-state index in [9.17, 15) is 10.1 Å². The van der Waals surface area contributed by atoms with E-state index in [4.69, 9.17) is 15.7 Å². The summed E-state index contributed by atoms with van der Waals surface area (Å²) in [5.41, 5.74) is 5.49. The van der Waals surface area contributed by atoms with Gasteiger partial charge in [0.05, 0.1) is 11.0 Å². The molecule has 0 saturated heterocycles. The number of nitrogens with two attached hydrogens (primary N) is 1. The van der Waals surface area contributed by atoms with Crippen LogP contribution >= 0.6 is 15.9 Å². The molecule has 1 heterocycles. The van der Waals surface area contributed by atoms with Gasteiger partial charge in [-0.3, -0.25) is 10.1 Å². The molecule has 9 heteroatoms. The zero-order valence-electron chi connectivity index (χ0n) is 10.4. The van der Waals surface area contributed by atoms with Gasteiger partial charge in [0.25, 0.3) is 5.69 Å². The van der Waals surface area contributed by atoms with Crippen molar-refractivity contribution in [1.29, 1.82) is 0 Å². The summed E-state index contributed by atoms with van der Waals surface area (Å²) in [6.45, 7) is 0. The van der Waals surface area contributed by atoms with Crippen LogP contribution in [-0.4, -0.2) is 21.0 Å². The zero-order valence-corrected chi connectivity index (χ0v) is 12.0. The number of rotatable bonds is 4. The summed E-state index contributed by atoms with van der Waals surface area (Å²) in [4.78, 5) is 14.2. The number of hydrogen-bond acceptors (Lipinski definition) is 6. The lowest BCUT2D eigenvalue weighted by atomic mass is 10.3. The number of nitro groups is 1. The highest BCUT2D eigenvalue weighted by molar-refractivity contribution is 9.10. The normalized spacial score (nSPS) is 11.2. The Bertz CT molecular complexity index is 720. The van der Waals surface area contributed by atoms with Crippen molar-refractivity contribution in [3.05, 3.63) is 56.8 Å². The molecule has 0 fully saturated rings. The topological polar surface area (TPSA) is 124 Å². The third-order valence-electron chi connectivity index (χ3n) is 2.42. The van der Waals surface area contributed by atoms with Crippen molar-refractivity contribution in [3.63, 3.8) is 0 Å². The van der Waals surface area contributed by atoms with Gasteiger partial charge in [-0.05, 0) is 18.2 Å². The Hall–Kier alpha value is -2.68. The molecule has 0 saturated carbocycles. The number of pyridine rings is 1. The van der Waals surface area contributed by atoms with E-state index >= 15 is 0 Å². The van der Waals surface area contributed by atoms with Crippen molar-refractivity contribution in [2.45, 2.75) is 0 Å². The highest BCUT2D eigenvalue weighted by Crippen LogP contribution is 2.30. The molecule has 0 atom stereocenters. The van der Waals surface area contributed by atoms with E-state index in [0.717, 1.165) is 0 Å². The maximum Gasteiger partial charge on any atom is 0.274 e. The van der Waals surface area contributed by atoms with Crippen molar-refractivity contribution in [2.24, 2.45) is 10.9 Å². The van der Waals surface area contributed by atoms with Gasteiger partial charge in [-0.25, -0.2) is 4.98 Å². The lowest BCUT2D eigenvalue weighted by Gasteiger charge is -2.09. The van der Waals surface area contributed by atoms with Crippen molar-refractivity contribution >= 4 is 27.5 Å². The third kappa shape index (κ3) is 3.45. The Morgan fingerprint density at radius 3 is 2.90 bits per heavy atom. The van der Waals surface area contributed by atoms with Gasteiger partial charge in [-0.2, -0.15) is 0 Å². The molecule has 0 amide bonds. The number of nitrogens with zero attached hydrogens (tertiary/aromatic N) is 3. The van der Waals surface area contributed by atoms with E-state index in [0.29, 0.717) is 4.47 Å². The van der Waals surface area contributed by atoms with Gasteiger partial charge in [0, 0.05) is 16.7 Å². The molecule has 0 unspecified atom stereocenters. The molecule has 3 N–H and O–H groups in total. The number of amidine groups is 1. The summed E-state index contributed by atoms with van der Waals surface area (Å²) in [5.74, 6) is 0.200. The Morgan fingerprint density at radius 1 is 1.48 bits per heavy atom. The molecule has 108 valence electrons. The quantitative estimate of drug-likeness (QED) is 0.286. The first kappa shape index (κ1) is 14.7. The Morgan fingerprint density at radius 2 is 2.24 bits per heavy atom. The molecule has 8 nitrogen and oxygen atoms in total. The van der Waals surface area contributed by atoms with Crippen molar-refractivity contribution in [2.75, 3.05) is 0 Å². The average Bonchev–Trinajstić information content (AvgIpc) is 2.46. The van der Waals surface area contributed by atoms with Crippen LogP contribution in [0.5, 0.6) is 11.5 Å². The fourth-order valence-corrected chi connectivity index (χ4v) is 2.01. The first-order valence-corrected chi connectivity index (χ1v) is 6.36. The summed E-state index contributed by atoms with van der Waals surface area (Å²) in [5, 5.41) is 22.4. The van der Waals surface area contributed by atoms with E-state index in [2.05, 4.69) is 26.1 Å². The number of halogens is 1. The van der Waals surface area contributed by atoms with Gasteiger partial charge in [0.1, 0.15) is 5.75 Å². The molecule has 0 bridgehead atoms. The van der Waals surface area contributed by atoms with Gasteiger partial charge >= 0.3 is 0 Å². The fourth-order valence-electron chi connectivity index (χ4n) is 1.55. The molecule has 1 aromatic carbocycles. The van der Waals surface area contributed by atoms with E-state index in [1.165, 1.54) is 18.3 Å². The number of nitro benzene ring substituents is 1. The zero-order chi connectivity index (χ0) is 15.4. The lowest BCUT2D eigenvalue weighted by molar-refractivity contribution is -0.385. The predicted molar refractivity (Wildman–Crippen MR) is 77.6 cm³/mol. The van der Waals surface area contributed by atoms with Gasteiger partial charge in [-0.15, -0.1) is 0 Å². The summed E-state index contributed by atoms with van der Waals surface area (Å²) >= 11 is 3.17. The average molecular weight is 353 g/mol. The van der Waals surface area contributed by atoms with Gasteiger partial charge in [0.15, 0.2) is 17.3 Å². The van der Waals surface area contributed by atoms with Crippen LogP contribution in [0.4, 0.5) is 5.69 Å². The minimum Gasteiger partial charge on any atom is -0.455 e. The van der Waals surface area contributed by atoms with Gasteiger partial charge in [-0.1, -0.05) is 21.1 Å². The maximum atomic E-state index is 10.8. The third-order valence-corrected chi connectivity index (χ3v) is 2.87. The molecule has 0 aliphatic heterocycles. The first-order valence-electron chi connectivity index (χ1n) is 5.57. The molecular weight excluding hydrogens is 344 g/mol. The van der Waals surface area contributed by atoms with E-state index in [-0.39, 0.29) is 28.7 Å². The lowest BCUT2D eigenvalue weighted by Crippen LogP contribution is -2.15. The Balaban J connectivity index is 2.41. The number of non-ortho nitro benzene ring substituents is 1. The smallest absolute Gasteiger partial charge is 0.274 e. The van der Waals surface area contributed by atoms with E-state index in [1.807, 2.05) is 0 Å². The minimum atomic E-state index is -0.536. The summed E-state index contributed by atoms with van der Waals surface area (Å²) in [7, 11) is 0. The first-order chi connectivity index (χ1) is 10.0. The van der Waals surface area contributed by atoms with Gasteiger partial charge < -0.3 is 15.7 Å². The standard InChI is InChI=1S/C12H9BrN4O4/c13-7-4-8(17(19)20)6-9(5-7)21-10-2-1-3-15-11(10)12(14)16-18/h1-6,18H,(H2,14,16). The number of aromatic nitrogens is 1. The van der Waals surface area contributed by atoms with Crippen LogP contribution in [0.15, 0.2) is 46.2 Å². The van der Waals surface area contributed by atoms with Crippen LogP contribution in [0.2, 0.25) is 0 Å². The largest absolute Gasteiger partial charge is 0.455 e. The monoisotopic (exact) mass is 352 g/mol. The van der Waals surface area contributed by atoms with Crippen LogP contribution in [-0.2, 0) is 0 Å². The van der Waals surface area contributed by atoms with Crippen molar-refractivity contribution < 1.29 is 14.9 Å². The second-order valence-corrected chi connectivity index (χ2v) is 4.76. The SMILES string of the molecule is N/C(=N/O)c1ncccc1Oc1cc(Br)cc([N+](=O)[O-])c1. The summed E-state index contributed by atoms with van der Waals surface area (Å²) < 4.78 is 6.02. The molecular formula is C12H9BrN4O4. The van der Waals surface area contributed by atoms with Crippen LogP contribution in [0.1, 0.15) is 5.69 Å². The molecule has 2 rings (SSSR count). The Labute approximate surface area is 127 Å².